The Balaban J connectivity index is 1.43. The van der Waals surface area contributed by atoms with Crippen LogP contribution in [0.25, 0.3) is 0 Å². The summed E-state index contributed by atoms with van der Waals surface area (Å²) in [5.41, 5.74) is 4.00. The number of fused-ring (bicyclic) bond motifs is 2. The van der Waals surface area contributed by atoms with Crippen LogP contribution >= 0.6 is 23.4 Å². The molecule has 0 bridgehead atoms. The highest BCUT2D eigenvalue weighted by Crippen LogP contribution is 2.41. The number of carbonyl (C=O) groups is 1. The highest BCUT2D eigenvalue weighted by molar-refractivity contribution is 8.00. The van der Waals surface area contributed by atoms with E-state index in [9.17, 15) is 9.18 Å². The second-order valence-corrected chi connectivity index (χ2v) is 11.1. The van der Waals surface area contributed by atoms with Crippen LogP contribution in [0.3, 0.4) is 0 Å². The van der Waals surface area contributed by atoms with Gasteiger partial charge in [0.05, 0.1) is 21.6 Å². The molecule has 0 aliphatic carbocycles. The van der Waals surface area contributed by atoms with Crippen molar-refractivity contribution in [3.8, 4) is 0 Å². The summed E-state index contributed by atoms with van der Waals surface area (Å²) in [6.45, 7) is 8.24. The Kier molecular flexibility index (Phi) is 5.78. The van der Waals surface area contributed by atoms with E-state index >= 15 is 0 Å². The van der Waals surface area contributed by atoms with Gasteiger partial charge in [0.15, 0.2) is 0 Å². The maximum atomic E-state index is 14.5. The minimum Gasteiger partial charge on any atom is -0.324 e. The number of hydrogen-bond acceptors (Lipinski definition) is 6. The minimum absolute atomic E-state index is 0.0731. The number of halogens is 2. The smallest absolute Gasteiger partial charge is 0.263 e. The average Bonchev–Trinajstić information content (AvgIpc) is 2.74. The van der Waals surface area contributed by atoms with Gasteiger partial charge in [-0.15, -0.1) is 0 Å². The fourth-order valence-electron chi connectivity index (χ4n) is 4.87. The summed E-state index contributed by atoms with van der Waals surface area (Å²) >= 11 is 7.59. The van der Waals surface area contributed by atoms with E-state index in [0.29, 0.717) is 16.5 Å². The monoisotopic (exact) mass is 497 g/mol. The lowest BCUT2D eigenvalue weighted by Gasteiger charge is -2.38. The number of carbonyl (C=O) groups excluding carboxylic acids is 1. The molecule has 3 aromatic rings. The van der Waals surface area contributed by atoms with Gasteiger partial charge < -0.3 is 10.2 Å². The van der Waals surface area contributed by atoms with Gasteiger partial charge in [-0.2, -0.15) is 0 Å². The molecule has 0 spiro atoms. The second kappa shape index (κ2) is 8.52. The van der Waals surface area contributed by atoms with Gasteiger partial charge in [-0.25, -0.2) is 14.4 Å². The largest absolute Gasteiger partial charge is 0.324 e. The van der Waals surface area contributed by atoms with Gasteiger partial charge in [0.25, 0.3) is 5.91 Å². The van der Waals surface area contributed by atoms with Crippen LogP contribution < -0.4 is 10.2 Å². The van der Waals surface area contributed by atoms with Gasteiger partial charge in [-0.05, 0) is 49.4 Å². The topological polar surface area (TPSA) is 61.4 Å². The first-order valence-corrected chi connectivity index (χ1v) is 12.3. The van der Waals surface area contributed by atoms with E-state index in [1.165, 1.54) is 46.1 Å². The van der Waals surface area contributed by atoms with Crippen LogP contribution in [-0.4, -0.2) is 39.7 Å². The van der Waals surface area contributed by atoms with Crippen molar-refractivity contribution in [3.63, 3.8) is 0 Å². The molecule has 0 radical (unpaired) electrons. The van der Waals surface area contributed by atoms with E-state index in [1.54, 1.807) is 6.07 Å². The number of nitrogens with one attached hydrogen (secondary N) is 1. The molecule has 9 heteroatoms. The molecule has 2 aliphatic rings. The predicted octanol–water partition coefficient (Wildman–Crippen LogP) is 5.83. The lowest BCUT2D eigenvalue weighted by atomic mass is 9.78. The maximum Gasteiger partial charge on any atom is 0.263 e. The third-order valence-electron chi connectivity index (χ3n) is 6.22. The summed E-state index contributed by atoms with van der Waals surface area (Å²) in [4.78, 5) is 25.9. The van der Waals surface area contributed by atoms with Crippen LogP contribution in [0.15, 0.2) is 47.6 Å². The predicted molar refractivity (Wildman–Crippen MR) is 135 cm³/mol. The van der Waals surface area contributed by atoms with Gasteiger partial charge in [0.1, 0.15) is 10.8 Å². The fraction of sp³-hybridized carbons (Fsp3) is 0.320. The Morgan fingerprint density at radius 2 is 2.06 bits per heavy atom. The first kappa shape index (κ1) is 23.1. The molecule has 1 atom stereocenters. The summed E-state index contributed by atoms with van der Waals surface area (Å²) in [6, 6.07) is 10.7. The average molecular weight is 498 g/mol. The molecule has 1 unspecified atom stereocenters. The van der Waals surface area contributed by atoms with E-state index < -0.39 is 11.2 Å². The second-order valence-electron chi connectivity index (χ2n) is 9.43. The molecule has 34 heavy (non-hydrogen) atoms. The molecule has 1 amide bonds. The van der Waals surface area contributed by atoms with Crippen molar-refractivity contribution < 1.29 is 9.18 Å². The van der Waals surface area contributed by atoms with Crippen molar-refractivity contribution in [1.82, 2.24) is 14.9 Å². The molecule has 6 nitrogen and oxygen atoms in total. The minimum atomic E-state index is -0.544. The number of hydrogen-bond donors (Lipinski definition) is 1. The van der Waals surface area contributed by atoms with E-state index in [4.69, 9.17) is 11.6 Å². The summed E-state index contributed by atoms with van der Waals surface area (Å²) in [6.07, 6.45) is 1.49. The number of rotatable bonds is 3. The highest BCUT2D eigenvalue weighted by Gasteiger charge is 2.36. The number of anilines is 3. The number of benzene rings is 2. The third kappa shape index (κ3) is 4.04. The van der Waals surface area contributed by atoms with Gasteiger partial charge in [-0.1, -0.05) is 49.3 Å². The molecular formula is C25H25ClFN5OS. The lowest BCUT2D eigenvalue weighted by molar-refractivity contribution is 0.0978. The van der Waals surface area contributed by atoms with Gasteiger partial charge in [-0.3, -0.25) is 9.69 Å². The summed E-state index contributed by atoms with van der Waals surface area (Å²) in [5, 5.41) is 3.63. The fourth-order valence-corrected chi connectivity index (χ4v) is 6.16. The first-order chi connectivity index (χ1) is 16.1. The Bertz CT molecular complexity index is 1280. The van der Waals surface area contributed by atoms with Crippen LogP contribution in [0.5, 0.6) is 0 Å². The molecule has 3 heterocycles. The van der Waals surface area contributed by atoms with Crippen molar-refractivity contribution in [2.75, 3.05) is 23.8 Å². The molecule has 2 aromatic carbocycles. The molecular weight excluding hydrogens is 473 g/mol. The van der Waals surface area contributed by atoms with Crippen molar-refractivity contribution in [2.24, 2.45) is 0 Å². The number of likely N-dealkylation sites (N-methyl/N-ethyl adjacent to an activating group) is 1. The molecule has 0 saturated heterocycles. The van der Waals surface area contributed by atoms with Crippen molar-refractivity contribution in [3.05, 3.63) is 70.1 Å². The Morgan fingerprint density at radius 1 is 1.26 bits per heavy atom. The maximum absolute atomic E-state index is 14.5. The SMILES string of the molecule is CC1Sc2nc(Nc3ccc4c(c3)CN(C)CC4(C)C)ncc2C(=O)N1c1c(F)cccc1Cl. The molecule has 0 saturated carbocycles. The van der Waals surface area contributed by atoms with Crippen LogP contribution in [0.4, 0.5) is 21.7 Å². The Hall–Kier alpha value is -2.68. The molecule has 5 rings (SSSR count). The molecule has 0 fully saturated rings. The summed E-state index contributed by atoms with van der Waals surface area (Å²) < 4.78 is 14.5. The zero-order valence-electron chi connectivity index (χ0n) is 19.4. The summed E-state index contributed by atoms with van der Waals surface area (Å²) in [7, 11) is 2.13. The van der Waals surface area contributed by atoms with Gasteiger partial charge in [0.2, 0.25) is 5.95 Å². The number of nitrogens with zero attached hydrogens (tertiary/aromatic N) is 4. The van der Waals surface area contributed by atoms with Crippen LogP contribution in [-0.2, 0) is 12.0 Å². The van der Waals surface area contributed by atoms with Gasteiger partial charge in [0, 0.05) is 30.4 Å². The van der Waals surface area contributed by atoms with Gasteiger partial charge >= 0.3 is 0 Å². The van der Waals surface area contributed by atoms with Crippen LogP contribution in [0, 0.1) is 5.82 Å². The first-order valence-electron chi connectivity index (χ1n) is 11.0. The number of amides is 1. The van der Waals surface area contributed by atoms with Crippen LogP contribution in [0.2, 0.25) is 5.02 Å². The van der Waals surface area contributed by atoms with E-state index in [0.717, 1.165) is 18.8 Å². The van der Waals surface area contributed by atoms with Crippen molar-refractivity contribution >= 4 is 46.6 Å². The lowest BCUT2D eigenvalue weighted by Crippen LogP contribution is -2.41. The Labute approximate surface area is 207 Å². The normalized spacial score (nSPS) is 19.5. The number of aromatic nitrogens is 2. The highest BCUT2D eigenvalue weighted by atomic mass is 35.5. The number of para-hydroxylation sites is 1. The quantitative estimate of drug-likeness (QED) is 0.459. The zero-order chi connectivity index (χ0) is 24.2. The van der Waals surface area contributed by atoms with Crippen molar-refractivity contribution in [2.45, 2.75) is 43.1 Å². The standard InChI is InChI=1S/C25H25ClFN5OS/c1-14-32(21-19(26)6-5-7-20(21)27)23(33)17-11-28-24(30-22(17)34-14)29-16-8-9-18-15(10-16)12-31(4)13-25(18,2)3/h5-11,14H,12-13H2,1-4H3,(H,28,29,30). The Morgan fingerprint density at radius 3 is 2.82 bits per heavy atom. The van der Waals surface area contributed by atoms with Crippen molar-refractivity contribution in [1.29, 1.82) is 0 Å². The van der Waals surface area contributed by atoms with E-state index in [1.807, 2.05) is 13.0 Å². The number of thioether (sulfide) groups is 1. The zero-order valence-corrected chi connectivity index (χ0v) is 21.0. The van der Waals surface area contributed by atoms with E-state index in [-0.39, 0.29) is 22.0 Å². The molecule has 1 N–H and O–H groups in total. The molecule has 176 valence electrons. The van der Waals surface area contributed by atoms with E-state index in [2.05, 4.69) is 53.2 Å². The molecule has 1 aromatic heterocycles. The van der Waals surface area contributed by atoms with Crippen LogP contribution in [0.1, 0.15) is 42.3 Å². The summed E-state index contributed by atoms with van der Waals surface area (Å²) in [5.74, 6) is -0.511. The third-order valence-corrected chi connectivity index (χ3v) is 7.61. The molecule has 2 aliphatic heterocycles.